The summed E-state index contributed by atoms with van der Waals surface area (Å²) in [4.78, 5) is 13.7. The minimum atomic E-state index is 0.0474. The van der Waals surface area contributed by atoms with Crippen molar-refractivity contribution in [2.45, 2.75) is 41.9 Å². The van der Waals surface area contributed by atoms with Crippen molar-refractivity contribution in [3.05, 3.63) is 66.2 Å². The summed E-state index contributed by atoms with van der Waals surface area (Å²) >= 11 is 1.90. The average molecular weight is 311 g/mol. The number of hydrogen-bond acceptors (Lipinski definition) is 2. The van der Waals surface area contributed by atoms with E-state index in [1.54, 1.807) is 0 Å². The molecule has 1 fully saturated rings. The molecule has 1 N–H and O–H groups in total. The van der Waals surface area contributed by atoms with E-state index >= 15 is 0 Å². The van der Waals surface area contributed by atoms with E-state index in [1.165, 1.54) is 24.2 Å². The van der Waals surface area contributed by atoms with Crippen LogP contribution in [0.5, 0.6) is 0 Å². The van der Waals surface area contributed by atoms with Crippen LogP contribution in [0.25, 0.3) is 0 Å². The average Bonchev–Trinajstić information content (AvgIpc) is 2.58. The van der Waals surface area contributed by atoms with Gasteiger partial charge in [-0.15, -0.1) is 11.8 Å². The fraction of sp³-hybridized carbons (Fsp3) is 0.316. The molecule has 1 amide bonds. The van der Waals surface area contributed by atoms with E-state index in [-0.39, 0.29) is 11.9 Å². The Morgan fingerprint density at radius 3 is 2.27 bits per heavy atom. The Morgan fingerprint density at radius 1 is 0.909 bits per heavy atom. The first kappa shape index (κ1) is 15.2. The smallest absolute Gasteiger partial charge is 0.251 e. The summed E-state index contributed by atoms with van der Waals surface area (Å²) < 4.78 is 0. The van der Waals surface area contributed by atoms with Crippen LogP contribution in [0, 0.1) is 0 Å². The van der Waals surface area contributed by atoms with E-state index in [9.17, 15) is 4.79 Å². The number of amides is 1. The summed E-state index contributed by atoms with van der Waals surface area (Å²) in [6.07, 6.45) is 4.69. The second-order valence-electron chi connectivity index (χ2n) is 5.70. The molecule has 2 atom stereocenters. The minimum Gasteiger partial charge on any atom is -0.348 e. The Labute approximate surface area is 136 Å². The van der Waals surface area contributed by atoms with E-state index in [1.807, 2.05) is 48.2 Å². The molecule has 3 heteroatoms. The molecule has 2 aromatic carbocycles. The van der Waals surface area contributed by atoms with Crippen LogP contribution >= 0.6 is 11.8 Å². The SMILES string of the molecule is O=C(NC1CCCCC1Sc1ccccc1)c1ccccc1. The van der Waals surface area contributed by atoms with Gasteiger partial charge in [-0.25, -0.2) is 0 Å². The van der Waals surface area contributed by atoms with E-state index in [2.05, 4.69) is 29.6 Å². The van der Waals surface area contributed by atoms with Crippen molar-refractivity contribution in [3.63, 3.8) is 0 Å². The van der Waals surface area contributed by atoms with Gasteiger partial charge in [0.2, 0.25) is 0 Å². The second kappa shape index (κ2) is 7.50. The van der Waals surface area contributed by atoms with Crippen molar-refractivity contribution in [1.29, 1.82) is 0 Å². The van der Waals surface area contributed by atoms with Gasteiger partial charge in [0.1, 0.15) is 0 Å². The monoisotopic (exact) mass is 311 g/mol. The van der Waals surface area contributed by atoms with Crippen LogP contribution in [0.1, 0.15) is 36.0 Å². The second-order valence-corrected chi connectivity index (χ2v) is 7.01. The van der Waals surface area contributed by atoms with Gasteiger partial charge in [0, 0.05) is 21.8 Å². The predicted octanol–water partition coefficient (Wildman–Crippen LogP) is 4.52. The van der Waals surface area contributed by atoms with E-state index in [0.29, 0.717) is 5.25 Å². The molecule has 1 aliphatic rings. The lowest BCUT2D eigenvalue weighted by atomic mass is 9.94. The Morgan fingerprint density at radius 2 is 1.55 bits per heavy atom. The maximum absolute atomic E-state index is 12.4. The Bertz CT molecular complexity index is 599. The van der Waals surface area contributed by atoms with Gasteiger partial charge >= 0.3 is 0 Å². The lowest BCUT2D eigenvalue weighted by Gasteiger charge is -2.31. The van der Waals surface area contributed by atoms with Crippen LogP contribution in [0.3, 0.4) is 0 Å². The fourth-order valence-electron chi connectivity index (χ4n) is 2.92. The van der Waals surface area contributed by atoms with Crippen molar-refractivity contribution in [1.82, 2.24) is 5.32 Å². The van der Waals surface area contributed by atoms with Crippen molar-refractivity contribution < 1.29 is 4.79 Å². The van der Waals surface area contributed by atoms with Gasteiger partial charge in [-0.1, -0.05) is 49.2 Å². The van der Waals surface area contributed by atoms with Gasteiger partial charge in [-0.05, 0) is 37.1 Å². The number of rotatable bonds is 4. The molecule has 0 radical (unpaired) electrons. The number of hydrogen-bond donors (Lipinski definition) is 1. The summed E-state index contributed by atoms with van der Waals surface area (Å²) in [6, 6.07) is 20.2. The van der Waals surface area contributed by atoms with Gasteiger partial charge in [0.25, 0.3) is 5.91 Å². The Hall–Kier alpha value is -1.74. The summed E-state index contributed by atoms with van der Waals surface area (Å²) in [6.45, 7) is 0. The number of carbonyl (C=O) groups is 1. The molecule has 1 saturated carbocycles. The fourth-order valence-corrected chi connectivity index (χ4v) is 4.23. The normalized spacial score (nSPS) is 21.3. The zero-order valence-corrected chi connectivity index (χ0v) is 13.4. The summed E-state index contributed by atoms with van der Waals surface area (Å²) in [7, 11) is 0. The maximum atomic E-state index is 12.4. The first-order chi connectivity index (χ1) is 10.8. The standard InChI is InChI=1S/C19H21NOS/c21-19(15-9-3-1-4-10-15)20-17-13-7-8-14-18(17)22-16-11-5-2-6-12-16/h1-6,9-12,17-18H,7-8,13-14H2,(H,20,21). The third kappa shape index (κ3) is 3.92. The molecule has 0 aromatic heterocycles. The maximum Gasteiger partial charge on any atom is 0.251 e. The minimum absolute atomic E-state index is 0.0474. The van der Waals surface area contributed by atoms with Crippen molar-refractivity contribution in [3.8, 4) is 0 Å². The van der Waals surface area contributed by atoms with Gasteiger partial charge < -0.3 is 5.32 Å². The molecule has 0 bridgehead atoms. The van der Waals surface area contributed by atoms with Crippen LogP contribution in [0.4, 0.5) is 0 Å². The van der Waals surface area contributed by atoms with Gasteiger partial charge in [-0.2, -0.15) is 0 Å². The molecule has 0 heterocycles. The number of benzene rings is 2. The Kier molecular flexibility index (Phi) is 5.17. The first-order valence-electron chi connectivity index (χ1n) is 7.90. The molecule has 114 valence electrons. The zero-order chi connectivity index (χ0) is 15.2. The number of carbonyl (C=O) groups excluding carboxylic acids is 1. The molecule has 2 aromatic rings. The van der Waals surface area contributed by atoms with Crippen LogP contribution in [0.15, 0.2) is 65.6 Å². The third-order valence-electron chi connectivity index (χ3n) is 4.09. The van der Waals surface area contributed by atoms with Gasteiger partial charge in [-0.3, -0.25) is 4.79 Å². The van der Waals surface area contributed by atoms with Crippen LogP contribution in [-0.2, 0) is 0 Å². The lowest BCUT2D eigenvalue weighted by molar-refractivity contribution is 0.0929. The van der Waals surface area contributed by atoms with Crippen LogP contribution < -0.4 is 5.32 Å². The zero-order valence-electron chi connectivity index (χ0n) is 12.6. The van der Waals surface area contributed by atoms with E-state index in [0.717, 1.165) is 12.0 Å². The molecule has 22 heavy (non-hydrogen) atoms. The highest BCUT2D eigenvalue weighted by molar-refractivity contribution is 8.00. The van der Waals surface area contributed by atoms with E-state index < -0.39 is 0 Å². The molecule has 0 aliphatic heterocycles. The molecule has 2 unspecified atom stereocenters. The van der Waals surface area contributed by atoms with Crippen LogP contribution in [-0.4, -0.2) is 17.2 Å². The highest BCUT2D eigenvalue weighted by Gasteiger charge is 2.27. The van der Waals surface area contributed by atoms with Crippen molar-refractivity contribution in [2.24, 2.45) is 0 Å². The summed E-state index contributed by atoms with van der Waals surface area (Å²) in [5.41, 5.74) is 0.747. The molecular formula is C19H21NOS. The van der Waals surface area contributed by atoms with Crippen molar-refractivity contribution >= 4 is 17.7 Å². The molecular weight excluding hydrogens is 290 g/mol. The molecule has 0 saturated heterocycles. The molecule has 2 nitrogen and oxygen atoms in total. The summed E-state index contributed by atoms with van der Waals surface area (Å²) in [5.74, 6) is 0.0474. The highest BCUT2D eigenvalue weighted by Crippen LogP contribution is 2.33. The molecule has 3 rings (SSSR count). The van der Waals surface area contributed by atoms with Gasteiger partial charge in [0.15, 0.2) is 0 Å². The largest absolute Gasteiger partial charge is 0.348 e. The van der Waals surface area contributed by atoms with Crippen LogP contribution in [0.2, 0.25) is 0 Å². The van der Waals surface area contributed by atoms with Gasteiger partial charge in [0.05, 0.1) is 0 Å². The molecule has 0 spiro atoms. The predicted molar refractivity (Wildman–Crippen MR) is 92.3 cm³/mol. The Balaban J connectivity index is 1.66. The summed E-state index contributed by atoms with van der Waals surface area (Å²) in [5, 5.41) is 3.71. The van der Waals surface area contributed by atoms with Crippen molar-refractivity contribution in [2.75, 3.05) is 0 Å². The lowest BCUT2D eigenvalue weighted by Crippen LogP contribution is -2.43. The topological polar surface area (TPSA) is 29.1 Å². The highest BCUT2D eigenvalue weighted by atomic mass is 32.2. The number of thioether (sulfide) groups is 1. The third-order valence-corrected chi connectivity index (χ3v) is 5.50. The van der Waals surface area contributed by atoms with E-state index in [4.69, 9.17) is 0 Å². The number of nitrogens with one attached hydrogen (secondary N) is 1. The quantitative estimate of drug-likeness (QED) is 0.899. The molecule has 1 aliphatic carbocycles. The first-order valence-corrected chi connectivity index (χ1v) is 8.78.